The highest BCUT2D eigenvalue weighted by Crippen LogP contribution is 2.23. The molecule has 0 radical (unpaired) electrons. The molecule has 88 valence electrons. The van der Waals surface area contributed by atoms with Crippen molar-refractivity contribution in [2.24, 2.45) is 5.73 Å². The van der Waals surface area contributed by atoms with Gasteiger partial charge in [-0.3, -0.25) is 4.79 Å². The lowest BCUT2D eigenvalue weighted by molar-refractivity contribution is -0.0299. The molecule has 1 aromatic heterocycles. The van der Waals surface area contributed by atoms with Crippen molar-refractivity contribution in [3.63, 3.8) is 0 Å². The SMILES string of the molecule is CCOC1CC(N)C1NC(=O)c1cccs1. The lowest BCUT2D eigenvalue weighted by Crippen LogP contribution is -2.64. The number of hydrogen-bond donors (Lipinski definition) is 2. The average Bonchev–Trinajstić information content (AvgIpc) is 2.79. The van der Waals surface area contributed by atoms with Gasteiger partial charge in [-0.1, -0.05) is 6.07 Å². The number of ether oxygens (including phenoxy) is 1. The van der Waals surface area contributed by atoms with Gasteiger partial charge in [0.25, 0.3) is 5.91 Å². The molecule has 0 bridgehead atoms. The van der Waals surface area contributed by atoms with Crippen LogP contribution < -0.4 is 11.1 Å². The summed E-state index contributed by atoms with van der Waals surface area (Å²) in [7, 11) is 0. The molecule has 3 unspecified atom stereocenters. The van der Waals surface area contributed by atoms with Gasteiger partial charge in [0.2, 0.25) is 0 Å². The first-order valence-electron chi connectivity index (χ1n) is 5.44. The summed E-state index contributed by atoms with van der Waals surface area (Å²) in [6, 6.07) is 3.63. The predicted molar refractivity (Wildman–Crippen MR) is 63.6 cm³/mol. The van der Waals surface area contributed by atoms with Crippen LogP contribution in [0.4, 0.5) is 0 Å². The molecule has 1 aliphatic rings. The van der Waals surface area contributed by atoms with E-state index in [1.54, 1.807) is 6.07 Å². The molecule has 3 N–H and O–H groups in total. The fourth-order valence-corrected chi connectivity index (χ4v) is 2.48. The Kier molecular flexibility index (Phi) is 3.58. The molecule has 0 aromatic carbocycles. The van der Waals surface area contributed by atoms with Crippen molar-refractivity contribution in [1.82, 2.24) is 5.32 Å². The number of hydrogen-bond acceptors (Lipinski definition) is 4. The summed E-state index contributed by atoms with van der Waals surface area (Å²) in [5, 5.41) is 4.81. The summed E-state index contributed by atoms with van der Waals surface area (Å²) in [5.74, 6) is -0.0557. The molecule has 1 aliphatic carbocycles. The zero-order valence-corrected chi connectivity index (χ0v) is 10.00. The number of amides is 1. The van der Waals surface area contributed by atoms with Gasteiger partial charge in [0.05, 0.1) is 17.0 Å². The Morgan fingerprint density at radius 2 is 2.56 bits per heavy atom. The molecule has 1 heterocycles. The highest BCUT2D eigenvalue weighted by Gasteiger charge is 2.40. The van der Waals surface area contributed by atoms with Crippen LogP contribution in [0.1, 0.15) is 23.0 Å². The van der Waals surface area contributed by atoms with E-state index in [-0.39, 0.29) is 24.1 Å². The molecule has 0 aliphatic heterocycles. The molecule has 4 nitrogen and oxygen atoms in total. The summed E-state index contributed by atoms with van der Waals surface area (Å²) in [6.07, 6.45) is 0.896. The summed E-state index contributed by atoms with van der Waals surface area (Å²) in [6.45, 7) is 2.60. The lowest BCUT2D eigenvalue weighted by Gasteiger charge is -2.42. The van der Waals surface area contributed by atoms with E-state index in [9.17, 15) is 4.79 Å². The van der Waals surface area contributed by atoms with E-state index in [1.807, 2.05) is 18.4 Å². The Morgan fingerprint density at radius 1 is 1.75 bits per heavy atom. The Hall–Kier alpha value is -0.910. The van der Waals surface area contributed by atoms with E-state index in [0.29, 0.717) is 11.5 Å². The Labute approximate surface area is 98.8 Å². The van der Waals surface area contributed by atoms with Crippen molar-refractivity contribution in [2.75, 3.05) is 6.61 Å². The van der Waals surface area contributed by atoms with Gasteiger partial charge in [0.1, 0.15) is 0 Å². The fraction of sp³-hybridized carbons (Fsp3) is 0.545. The highest BCUT2D eigenvalue weighted by molar-refractivity contribution is 7.12. The molecule has 0 saturated heterocycles. The second-order valence-corrected chi connectivity index (χ2v) is 4.82. The minimum absolute atomic E-state index is 0.0143. The van der Waals surface area contributed by atoms with Gasteiger partial charge in [0.15, 0.2) is 0 Å². The number of carbonyl (C=O) groups excluding carboxylic acids is 1. The smallest absolute Gasteiger partial charge is 0.261 e. The minimum atomic E-state index is -0.0557. The standard InChI is InChI=1S/C11H16N2O2S/c1-2-15-8-6-7(12)10(8)13-11(14)9-4-3-5-16-9/h3-5,7-8,10H,2,6,12H2,1H3,(H,13,14). The molecule has 1 fully saturated rings. The maximum Gasteiger partial charge on any atom is 0.261 e. The van der Waals surface area contributed by atoms with Crippen LogP contribution >= 0.6 is 11.3 Å². The maximum absolute atomic E-state index is 11.8. The second kappa shape index (κ2) is 4.95. The molecule has 5 heteroatoms. The van der Waals surface area contributed by atoms with Crippen LogP contribution in [0.2, 0.25) is 0 Å². The van der Waals surface area contributed by atoms with E-state index in [2.05, 4.69) is 5.32 Å². The lowest BCUT2D eigenvalue weighted by atomic mass is 9.83. The first kappa shape index (κ1) is 11.6. The molecular formula is C11H16N2O2S. The third-order valence-electron chi connectivity index (χ3n) is 2.79. The quantitative estimate of drug-likeness (QED) is 0.824. The van der Waals surface area contributed by atoms with E-state index < -0.39 is 0 Å². The van der Waals surface area contributed by atoms with Gasteiger partial charge in [-0.15, -0.1) is 11.3 Å². The normalized spacial score (nSPS) is 28.5. The van der Waals surface area contributed by atoms with Gasteiger partial charge in [-0.2, -0.15) is 0 Å². The van der Waals surface area contributed by atoms with Crippen LogP contribution in [-0.4, -0.2) is 30.7 Å². The van der Waals surface area contributed by atoms with Gasteiger partial charge in [-0.25, -0.2) is 0 Å². The van der Waals surface area contributed by atoms with Crippen LogP contribution in [0.3, 0.4) is 0 Å². The molecule has 1 saturated carbocycles. The second-order valence-electron chi connectivity index (χ2n) is 3.87. The summed E-state index contributed by atoms with van der Waals surface area (Å²) < 4.78 is 5.49. The van der Waals surface area contributed by atoms with Crippen molar-refractivity contribution >= 4 is 17.2 Å². The van der Waals surface area contributed by atoms with Crippen molar-refractivity contribution < 1.29 is 9.53 Å². The highest BCUT2D eigenvalue weighted by atomic mass is 32.1. The number of nitrogens with two attached hydrogens (primary N) is 1. The van der Waals surface area contributed by atoms with E-state index in [1.165, 1.54) is 11.3 Å². The third kappa shape index (κ3) is 2.26. The van der Waals surface area contributed by atoms with Crippen LogP contribution in [0, 0.1) is 0 Å². The number of carbonyl (C=O) groups is 1. The third-order valence-corrected chi connectivity index (χ3v) is 3.66. The summed E-state index contributed by atoms with van der Waals surface area (Å²) in [5.41, 5.74) is 5.85. The van der Waals surface area contributed by atoms with Crippen molar-refractivity contribution in [3.05, 3.63) is 22.4 Å². The van der Waals surface area contributed by atoms with Crippen molar-refractivity contribution in [3.8, 4) is 0 Å². The minimum Gasteiger partial charge on any atom is -0.376 e. The van der Waals surface area contributed by atoms with Gasteiger partial charge in [-0.05, 0) is 24.8 Å². The van der Waals surface area contributed by atoms with Gasteiger partial charge < -0.3 is 15.8 Å². The molecule has 1 aromatic rings. The van der Waals surface area contributed by atoms with Gasteiger partial charge >= 0.3 is 0 Å². The monoisotopic (exact) mass is 240 g/mol. The summed E-state index contributed by atoms with van der Waals surface area (Å²) >= 11 is 1.43. The van der Waals surface area contributed by atoms with E-state index in [4.69, 9.17) is 10.5 Å². The molecule has 2 rings (SSSR count). The molecule has 0 spiro atoms. The largest absolute Gasteiger partial charge is 0.376 e. The molecule has 16 heavy (non-hydrogen) atoms. The topological polar surface area (TPSA) is 64.3 Å². The first-order valence-corrected chi connectivity index (χ1v) is 6.32. The van der Waals surface area contributed by atoms with Crippen LogP contribution in [0.15, 0.2) is 17.5 Å². The Morgan fingerprint density at radius 3 is 3.12 bits per heavy atom. The zero-order valence-electron chi connectivity index (χ0n) is 9.18. The Bertz CT molecular complexity index is 351. The van der Waals surface area contributed by atoms with E-state index >= 15 is 0 Å². The van der Waals surface area contributed by atoms with Crippen molar-refractivity contribution in [1.29, 1.82) is 0 Å². The zero-order chi connectivity index (χ0) is 11.5. The number of rotatable bonds is 4. The van der Waals surface area contributed by atoms with Crippen LogP contribution in [0.5, 0.6) is 0 Å². The number of nitrogens with one attached hydrogen (secondary N) is 1. The van der Waals surface area contributed by atoms with Crippen molar-refractivity contribution in [2.45, 2.75) is 31.5 Å². The van der Waals surface area contributed by atoms with Crippen LogP contribution in [-0.2, 0) is 4.74 Å². The predicted octanol–water partition coefficient (Wildman–Crippen LogP) is 0.983. The molecule has 1 amide bonds. The maximum atomic E-state index is 11.8. The Balaban J connectivity index is 1.91. The van der Waals surface area contributed by atoms with E-state index in [0.717, 1.165) is 6.42 Å². The average molecular weight is 240 g/mol. The molecule has 3 atom stereocenters. The van der Waals surface area contributed by atoms with Gasteiger partial charge in [0, 0.05) is 12.6 Å². The number of thiophene rings is 1. The van der Waals surface area contributed by atoms with Crippen LogP contribution in [0.25, 0.3) is 0 Å². The summed E-state index contributed by atoms with van der Waals surface area (Å²) in [4.78, 5) is 12.5. The first-order chi connectivity index (χ1) is 7.72. The molecular weight excluding hydrogens is 224 g/mol. The fourth-order valence-electron chi connectivity index (χ4n) is 1.86.